The Labute approximate surface area is 96.2 Å². The molecule has 0 bridgehead atoms. The topological polar surface area (TPSA) is 34.2 Å². The van der Waals surface area contributed by atoms with Crippen molar-refractivity contribution in [2.75, 3.05) is 11.9 Å². The van der Waals surface area contributed by atoms with Gasteiger partial charge in [0.05, 0.1) is 11.8 Å². The summed E-state index contributed by atoms with van der Waals surface area (Å²) >= 11 is 0. The number of aromatic nitrogens is 1. The van der Waals surface area contributed by atoms with Crippen molar-refractivity contribution in [3.8, 4) is 0 Å². The molecule has 0 spiro atoms. The number of anilines is 1. The Morgan fingerprint density at radius 3 is 3.12 bits per heavy atom. The number of nitrogens with one attached hydrogen (secondary N) is 1. The first-order chi connectivity index (χ1) is 7.69. The zero-order valence-corrected chi connectivity index (χ0v) is 9.81. The average Bonchev–Trinajstić information content (AvgIpc) is 2.74. The van der Waals surface area contributed by atoms with Gasteiger partial charge in [-0.05, 0) is 18.6 Å². The molecular weight excluding hydrogens is 200 g/mol. The minimum Gasteiger partial charge on any atom is -0.380 e. The molecule has 3 unspecified atom stereocenters. The zero-order valence-electron chi connectivity index (χ0n) is 9.81. The second-order valence-electron chi connectivity index (χ2n) is 5.43. The third kappa shape index (κ3) is 1.34. The molecule has 1 saturated heterocycles. The molecule has 3 atom stereocenters. The fourth-order valence-corrected chi connectivity index (χ4v) is 3.24. The first kappa shape index (κ1) is 10.1. The minimum absolute atomic E-state index is 0.233. The molecule has 1 saturated carbocycles. The molecule has 2 aliphatic rings. The maximum Gasteiger partial charge on any atom is 0.0694 e. The Morgan fingerprint density at radius 1 is 1.50 bits per heavy atom. The van der Waals surface area contributed by atoms with Crippen LogP contribution in [0, 0.1) is 11.3 Å². The van der Waals surface area contributed by atoms with Gasteiger partial charge in [-0.3, -0.25) is 4.98 Å². The summed E-state index contributed by atoms with van der Waals surface area (Å²) < 4.78 is 5.78. The normalized spacial score (nSPS) is 35.2. The molecule has 1 aliphatic heterocycles. The van der Waals surface area contributed by atoms with E-state index < -0.39 is 0 Å². The molecule has 0 aromatic carbocycles. The Morgan fingerprint density at radius 2 is 2.38 bits per heavy atom. The lowest BCUT2D eigenvalue weighted by molar-refractivity contribution is -0.0923. The van der Waals surface area contributed by atoms with Crippen LogP contribution in [0.15, 0.2) is 24.5 Å². The average molecular weight is 218 g/mol. The maximum absolute atomic E-state index is 5.78. The molecule has 0 radical (unpaired) electrons. The fourth-order valence-electron chi connectivity index (χ4n) is 3.24. The van der Waals surface area contributed by atoms with Gasteiger partial charge in [-0.2, -0.15) is 0 Å². The van der Waals surface area contributed by atoms with Gasteiger partial charge in [0.1, 0.15) is 0 Å². The van der Waals surface area contributed by atoms with Gasteiger partial charge in [0, 0.05) is 36.4 Å². The predicted molar refractivity (Wildman–Crippen MR) is 63.3 cm³/mol. The molecule has 0 amide bonds. The summed E-state index contributed by atoms with van der Waals surface area (Å²) in [7, 11) is 0. The number of fused-ring (bicyclic) bond motifs is 1. The molecular formula is C13H18N2O. The van der Waals surface area contributed by atoms with Crippen LogP contribution in [0.1, 0.15) is 20.3 Å². The molecule has 2 heterocycles. The van der Waals surface area contributed by atoms with Crippen LogP contribution in [-0.4, -0.2) is 23.7 Å². The van der Waals surface area contributed by atoms with Crippen LogP contribution in [-0.2, 0) is 4.74 Å². The molecule has 16 heavy (non-hydrogen) atoms. The Balaban J connectivity index is 1.76. The summed E-state index contributed by atoms with van der Waals surface area (Å²) in [6.07, 6.45) is 5.32. The van der Waals surface area contributed by atoms with Crippen LogP contribution in [0.5, 0.6) is 0 Å². The summed E-state index contributed by atoms with van der Waals surface area (Å²) in [5, 5.41) is 3.60. The molecule has 1 aromatic heterocycles. The van der Waals surface area contributed by atoms with Crippen LogP contribution in [0.4, 0.5) is 5.69 Å². The van der Waals surface area contributed by atoms with Crippen molar-refractivity contribution in [2.24, 2.45) is 11.3 Å². The van der Waals surface area contributed by atoms with Crippen LogP contribution in [0.25, 0.3) is 0 Å². The van der Waals surface area contributed by atoms with Gasteiger partial charge in [-0.15, -0.1) is 0 Å². The van der Waals surface area contributed by atoms with E-state index in [1.807, 2.05) is 12.3 Å². The van der Waals surface area contributed by atoms with E-state index in [0.717, 1.165) is 12.3 Å². The van der Waals surface area contributed by atoms with Gasteiger partial charge in [0.2, 0.25) is 0 Å². The van der Waals surface area contributed by atoms with Crippen LogP contribution in [0.2, 0.25) is 0 Å². The highest BCUT2D eigenvalue weighted by Crippen LogP contribution is 2.53. The first-order valence-electron chi connectivity index (χ1n) is 5.98. The monoisotopic (exact) mass is 218 g/mol. The highest BCUT2D eigenvalue weighted by molar-refractivity contribution is 5.43. The van der Waals surface area contributed by atoms with Gasteiger partial charge in [-0.1, -0.05) is 13.8 Å². The molecule has 1 N–H and O–H groups in total. The van der Waals surface area contributed by atoms with Crippen LogP contribution >= 0.6 is 0 Å². The largest absolute Gasteiger partial charge is 0.380 e. The molecule has 3 nitrogen and oxygen atoms in total. The first-order valence-corrected chi connectivity index (χ1v) is 5.98. The maximum atomic E-state index is 5.78. The van der Waals surface area contributed by atoms with E-state index in [1.165, 1.54) is 6.42 Å². The van der Waals surface area contributed by atoms with Crippen molar-refractivity contribution in [1.82, 2.24) is 4.98 Å². The Hall–Kier alpha value is -1.09. The Bertz CT molecular complexity index is 377. The van der Waals surface area contributed by atoms with Gasteiger partial charge in [0.15, 0.2) is 0 Å². The number of nitrogens with zero attached hydrogens (tertiary/aromatic N) is 1. The lowest BCUT2D eigenvalue weighted by Crippen LogP contribution is -2.63. The number of ether oxygens (including phenoxy) is 1. The molecule has 3 heteroatoms. The van der Waals surface area contributed by atoms with E-state index >= 15 is 0 Å². The van der Waals surface area contributed by atoms with E-state index in [4.69, 9.17) is 4.74 Å². The van der Waals surface area contributed by atoms with Crippen molar-refractivity contribution < 1.29 is 4.74 Å². The summed E-state index contributed by atoms with van der Waals surface area (Å²) in [4.78, 5) is 4.14. The van der Waals surface area contributed by atoms with Crippen LogP contribution in [0.3, 0.4) is 0 Å². The highest BCUT2D eigenvalue weighted by Gasteiger charge is 2.59. The fraction of sp³-hybridized carbons (Fsp3) is 0.615. The Kier molecular flexibility index (Phi) is 2.18. The molecule has 86 valence electrons. The molecule has 2 fully saturated rings. The van der Waals surface area contributed by atoms with E-state index in [1.54, 1.807) is 6.20 Å². The van der Waals surface area contributed by atoms with Gasteiger partial charge >= 0.3 is 0 Å². The highest BCUT2D eigenvalue weighted by atomic mass is 16.5. The van der Waals surface area contributed by atoms with E-state index in [2.05, 4.69) is 30.2 Å². The van der Waals surface area contributed by atoms with E-state index in [0.29, 0.717) is 18.1 Å². The quantitative estimate of drug-likeness (QED) is 0.827. The SMILES string of the molecule is CC1(C)C(Nc2cccnc2)C2CCOC21. The van der Waals surface area contributed by atoms with Crippen LogP contribution < -0.4 is 5.32 Å². The number of rotatable bonds is 2. The van der Waals surface area contributed by atoms with E-state index in [9.17, 15) is 0 Å². The third-order valence-corrected chi connectivity index (χ3v) is 4.08. The van der Waals surface area contributed by atoms with Crippen molar-refractivity contribution in [2.45, 2.75) is 32.4 Å². The standard InChI is InChI=1S/C13H18N2O/c1-13(2)11(10-5-7-16-12(10)13)15-9-4-3-6-14-8-9/h3-4,6,8,10-12,15H,5,7H2,1-2H3. The summed E-state index contributed by atoms with van der Waals surface area (Å²) in [5.74, 6) is 0.676. The summed E-state index contributed by atoms with van der Waals surface area (Å²) in [5.41, 5.74) is 1.35. The smallest absolute Gasteiger partial charge is 0.0694 e. The van der Waals surface area contributed by atoms with E-state index in [-0.39, 0.29) is 5.41 Å². The summed E-state index contributed by atoms with van der Waals surface area (Å²) in [6, 6.07) is 4.56. The predicted octanol–water partition coefficient (Wildman–Crippen LogP) is 2.31. The van der Waals surface area contributed by atoms with Crippen molar-refractivity contribution in [1.29, 1.82) is 0 Å². The number of pyridine rings is 1. The van der Waals surface area contributed by atoms with Gasteiger partial charge in [0.25, 0.3) is 0 Å². The second kappa shape index (κ2) is 3.45. The summed E-state index contributed by atoms with van der Waals surface area (Å²) in [6.45, 7) is 5.49. The van der Waals surface area contributed by atoms with Gasteiger partial charge < -0.3 is 10.1 Å². The van der Waals surface area contributed by atoms with Gasteiger partial charge in [-0.25, -0.2) is 0 Å². The van der Waals surface area contributed by atoms with Crippen molar-refractivity contribution >= 4 is 5.69 Å². The lowest BCUT2D eigenvalue weighted by atomic mass is 9.57. The third-order valence-electron chi connectivity index (χ3n) is 4.08. The molecule has 3 rings (SSSR count). The van der Waals surface area contributed by atoms with Crippen molar-refractivity contribution in [3.63, 3.8) is 0 Å². The molecule has 1 aliphatic carbocycles. The molecule has 1 aromatic rings. The number of hydrogen-bond acceptors (Lipinski definition) is 3. The minimum atomic E-state index is 0.233. The lowest BCUT2D eigenvalue weighted by Gasteiger charge is -2.55. The second-order valence-corrected chi connectivity index (χ2v) is 5.43. The van der Waals surface area contributed by atoms with Crippen molar-refractivity contribution in [3.05, 3.63) is 24.5 Å². The number of hydrogen-bond donors (Lipinski definition) is 1. The zero-order chi connectivity index (χ0) is 11.2.